The lowest BCUT2D eigenvalue weighted by Gasteiger charge is -2.17. The molecular weight excluding hydrogens is 495 g/mol. The molecule has 1 aliphatic heterocycles. The van der Waals surface area contributed by atoms with Crippen molar-refractivity contribution in [1.29, 1.82) is 0 Å². The van der Waals surface area contributed by atoms with E-state index in [2.05, 4.69) is 30.4 Å². The molecule has 5 rings (SSSR count). The van der Waals surface area contributed by atoms with Crippen LogP contribution in [0.3, 0.4) is 0 Å². The summed E-state index contributed by atoms with van der Waals surface area (Å²) in [5.74, 6) is 0.461. The van der Waals surface area contributed by atoms with Crippen molar-refractivity contribution in [2.45, 2.75) is 18.7 Å². The van der Waals surface area contributed by atoms with Crippen LogP contribution in [0, 0.1) is 0 Å². The lowest BCUT2D eigenvalue weighted by Crippen LogP contribution is -2.27. The zero-order valence-electron chi connectivity index (χ0n) is 18.9. The van der Waals surface area contributed by atoms with Gasteiger partial charge >= 0.3 is 6.36 Å². The highest BCUT2D eigenvalue weighted by molar-refractivity contribution is 8.13. The molecule has 2 aromatic heterocycles. The average molecular weight is 516 g/mol. The normalized spacial score (nSPS) is 13.3. The van der Waals surface area contributed by atoms with Gasteiger partial charge in [0.1, 0.15) is 5.75 Å². The predicted molar refractivity (Wildman–Crippen MR) is 130 cm³/mol. The number of aromatic nitrogens is 4. The molecule has 0 bridgehead atoms. The van der Waals surface area contributed by atoms with Crippen LogP contribution in [0.25, 0.3) is 11.0 Å². The molecular formula is C23H20F3N7O2S. The molecule has 13 heteroatoms. The number of aryl methyl sites for hydroxylation is 1. The first-order valence-corrected chi connectivity index (χ1v) is 11.8. The van der Waals surface area contributed by atoms with Crippen LogP contribution in [0.2, 0.25) is 0 Å². The van der Waals surface area contributed by atoms with E-state index in [0.717, 1.165) is 5.52 Å². The van der Waals surface area contributed by atoms with E-state index in [1.165, 1.54) is 30.0 Å². The SMILES string of the molecule is Cn1c(NC2=Nc3ccc(OC(F)(F)F)cc3CS2)nc2cc(C(=O)NCCn3cccn3)ccc21. The summed E-state index contributed by atoms with van der Waals surface area (Å²) in [5, 5.41) is 10.7. The smallest absolute Gasteiger partial charge is 0.406 e. The Hall–Kier alpha value is -4.00. The Labute approximate surface area is 207 Å². The third kappa shape index (κ3) is 5.30. The van der Waals surface area contributed by atoms with E-state index in [1.807, 2.05) is 29.9 Å². The molecule has 0 atom stereocenters. The second-order valence-corrected chi connectivity index (χ2v) is 8.86. The zero-order chi connectivity index (χ0) is 25.3. The number of imidazole rings is 1. The lowest BCUT2D eigenvalue weighted by atomic mass is 10.2. The number of amidine groups is 1. The van der Waals surface area contributed by atoms with Crippen LogP contribution in [-0.2, 0) is 19.3 Å². The van der Waals surface area contributed by atoms with Gasteiger partial charge in [-0.3, -0.25) is 9.48 Å². The number of ether oxygens (including phenoxy) is 1. The van der Waals surface area contributed by atoms with Gasteiger partial charge in [-0.1, -0.05) is 11.8 Å². The van der Waals surface area contributed by atoms with Crippen molar-refractivity contribution >= 4 is 45.5 Å². The van der Waals surface area contributed by atoms with E-state index in [1.54, 1.807) is 23.0 Å². The summed E-state index contributed by atoms with van der Waals surface area (Å²) >= 11 is 1.34. The molecule has 0 saturated heterocycles. The number of anilines is 1. The van der Waals surface area contributed by atoms with Gasteiger partial charge in [-0.05, 0) is 48.0 Å². The van der Waals surface area contributed by atoms with Crippen molar-refractivity contribution in [3.63, 3.8) is 0 Å². The number of amides is 1. The standard InChI is InChI=1S/C23H20F3N7O2S/c1-32-19-6-3-14(20(34)27-8-10-33-9-2-7-28-33)12-18(19)29-21(32)31-22-30-17-5-4-16(35-23(24,25)26)11-15(17)13-36-22/h2-7,9,11-12H,8,10,13H2,1H3,(H,27,34)(H,29,30,31). The predicted octanol–water partition coefficient (Wildman–Crippen LogP) is 4.44. The molecule has 9 nitrogen and oxygen atoms in total. The zero-order valence-corrected chi connectivity index (χ0v) is 19.7. The maximum absolute atomic E-state index is 12.6. The average Bonchev–Trinajstić information content (AvgIpc) is 3.46. The van der Waals surface area contributed by atoms with E-state index >= 15 is 0 Å². The van der Waals surface area contributed by atoms with Gasteiger partial charge in [0.2, 0.25) is 5.95 Å². The number of halogens is 3. The van der Waals surface area contributed by atoms with E-state index in [-0.39, 0.29) is 11.7 Å². The van der Waals surface area contributed by atoms with Gasteiger partial charge in [0.05, 0.1) is 23.3 Å². The second-order valence-electron chi connectivity index (χ2n) is 7.89. The minimum Gasteiger partial charge on any atom is -0.406 e. The molecule has 3 heterocycles. The molecule has 1 amide bonds. The van der Waals surface area contributed by atoms with Gasteiger partial charge in [0.15, 0.2) is 5.17 Å². The van der Waals surface area contributed by atoms with Crippen LogP contribution in [0.15, 0.2) is 59.9 Å². The van der Waals surface area contributed by atoms with Crippen LogP contribution in [0.5, 0.6) is 5.75 Å². The summed E-state index contributed by atoms with van der Waals surface area (Å²) in [5.41, 5.74) is 3.14. The van der Waals surface area contributed by atoms with E-state index in [9.17, 15) is 18.0 Å². The summed E-state index contributed by atoms with van der Waals surface area (Å²) < 4.78 is 45.0. The first-order valence-electron chi connectivity index (χ1n) is 10.8. The molecule has 1 aliphatic rings. The van der Waals surface area contributed by atoms with Gasteiger partial charge < -0.3 is 19.9 Å². The lowest BCUT2D eigenvalue weighted by molar-refractivity contribution is -0.274. The molecule has 0 unspecified atom stereocenters. The van der Waals surface area contributed by atoms with Crippen LogP contribution in [0.1, 0.15) is 15.9 Å². The number of hydrogen-bond donors (Lipinski definition) is 2. The first-order chi connectivity index (χ1) is 17.2. The molecule has 0 saturated carbocycles. The highest BCUT2D eigenvalue weighted by Crippen LogP contribution is 2.35. The van der Waals surface area contributed by atoms with Crippen molar-refractivity contribution in [3.05, 3.63) is 66.0 Å². The fraction of sp³-hybridized carbons (Fsp3) is 0.217. The fourth-order valence-corrected chi connectivity index (χ4v) is 4.55. The van der Waals surface area contributed by atoms with Gasteiger partial charge in [0, 0.05) is 37.3 Å². The van der Waals surface area contributed by atoms with Crippen LogP contribution in [-0.4, -0.2) is 43.3 Å². The number of fused-ring (bicyclic) bond motifs is 2. The topological polar surface area (TPSA) is 98.4 Å². The van der Waals surface area contributed by atoms with Crippen LogP contribution in [0.4, 0.5) is 24.8 Å². The number of rotatable bonds is 6. The highest BCUT2D eigenvalue weighted by Gasteiger charge is 2.31. The Kier molecular flexibility index (Phi) is 6.31. The number of carbonyl (C=O) groups excluding carboxylic acids is 1. The molecule has 36 heavy (non-hydrogen) atoms. The maximum Gasteiger partial charge on any atom is 0.573 e. The van der Waals surface area contributed by atoms with Crippen molar-refractivity contribution < 1.29 is 22.7 Å². The number of nitrogens with one attached hydrogen (secondary N) is 2. The summed E-state index contributed by atoms with van der Waals surface area (Å²) in [6.45, 7) is 1.01. The van der Waals surface area contributed by atoms with Gasteiger partial charge in [-0.15, -0.1) is 13.2 Å². The first kappa shape index (κ1) is 23.7. The van der Waals surface area contributed by atoms with Gasteiger partial charge in [-0.25, -0.2) is 9.98 Å². The molecule has 4 aromatic rings. The molecule has 2 aromatic carbocycles. The Morgan fingerprint density at radius 3 is 2.86 bits per heavy atom. The number of hydrogen-bond acceptors (Lipinski definition) is 7. The largest absolute Gasteiger partial charge is 0.573 e. The summed E-state index contributed by atoms with van der Waals surface area (Å²) in [4.78, 5) is 21.7. The summed E-state index contributed by atoms with van der Waals surface area (Å²) in [6, 6.07) is 11.2. The molecule has 0 radical (unpaired) electrons. The van der Waals surface area contributed by atoms with E-state index in [0.29, 0.717) is 52.3 Å². The van der Waals surface area contributed by atoms with Crippen molar-refractivity contribution in [2.24, 2.45) is 12.0 Å². The number of carbonyl (C=O) groups is 1. The second kappa shape index (κ2) is 9.57. The monoisotopic (exact) mass is 515 g/mol. The molecule has 0 spiro atoms. The Morgan fingerprint density at radius 1 is 1.22 bits per heavy atom. The minimum atomic E-state index is -4.74. The number of aliphatic imine (C=N–C) groups is 1. The number of benzene rings is 2. The number of alkyl halides is 3. The summed E-state index contributed by atoms with van der Waals surface area (Å²) in [6.07, 6.45) is -1.23. The number of nitrogens with zero attached hydrogens (tertiary/aromatic N) is 5. The summed E-state index contributed by atoms with van der Waals surface area (Å²) in [7, 11) is 1.84. The van der Waals surface area contributed by atoms with Gasteiger partial charge in [0.25, 0.3) is 5.91 Å². The molecule has 0 fully saturated rings. The third-order valence-electron chi connectivity index (χ3n) is 5.42. The van der Waals surface area contributed by atoms with Crippen LogP contribution < -0.4 is 15.4 Å². The van der Waals surface area contributed by atoms with Crippen molar-refractivity contribution in [3.8, 4) is 5.75 Å². The third-order valence-corrected chi connectivity index (χ3v) is 6.34. The fourth-order valence-electron chi connectivity index (χ4n) is 3.70. The molecule has 186 valence electrons. The number of thioether (sulfide) groups is 1. The van der Waals surface area contributed by atoms with Crippen LogP contribution >= 0.6 is 11.8 Å². The Balaban J connectivity index is 1.28. The minimum absolute atomic E-state index is 0.207. The Bertz CT molecular complexity index is 1450. The highest BCUT2D eigenvalue weighted by atomic mass is 32.2. The molecule has 2 N–H and O–H groups in total. The van der Waals surface area contributed by atoms with Gasteiger partial charge in [-0.2, -0.15) is 5.10 Å². The Morgan fingerprint density at radius 2 is 2.08 bits per heavy atom. The quantitative estimate of drug-likeness (QED) is 0.394. The maximum atomic E-state index is 12.6. The van der Waals surface area contributed by atoms with Crippen molar-refractivity contribution in [1.82, 2.24) is 24.6 Å². The van der Waals surface area contributed by atoms with Crippen molar-refractivity contribution in [2.75, 3.05) is 11.9 Å². The van der Waals surface area contributed by atoms with E-state index in [4.69, 9.17) is 0 Å². The molecule has 0 aliphatic carbocycles. The van der Waals surface area contributed by atoms with E-state index < -0.39 is 6.36 Å².